The molecule has 1 aromatic rings. The van der Waals surface area contributed by atoms with E-state index in [1.807, 2.05) is 24.0 Å². The first-order valence-electron chi connectivity index (χ1n) is 7.91. The van der Waals surface area contributed by atoms with Gasteiger partial charge in [-0.3, -0.25) is 9.59 Å². The maximum atomic E-state index is 12.5. The first-order chi connectivity index (χ1) is 10.6. The molecule has 1 aliphatic heterocycles. The Morgan fingerprint density at radius 3 is 2.77 bits per heavy atom. The molecule has 0 aromatic heterocycles. The highest BCUT2D eigenvalue weighted by Gasteiger charge is 2.38. The van der Waals surface area contributed by atoms with Crippen LogP contribution in [0.1, 0.15) is 37.7 Å². The van der Waals surface area contributed by atoms with Gasteiger partial charge < -0.3 is 10.2 Å². The molecule has 1 heterocycles. The second-order valence-corrected chi connectivity index (χ2v) is 6.69. The molecule has 1 aliphatic carbocycles. The van der Waals surface area contributed by atoms with E-state index in [9.17, 15) is 9.59 Å². The summed E-state index contributed by atoms with van der Waals surface area (Å²) in [5.41, 5.74) is 1.58. The van der Waals surface area contributed by atoms with Gasteiger partial charge in [0.25, 0.3) is 0 Å². The minimum atomic E-state index is -0.258. The minimum Gasteiger partial charge on any atom is -0.339 e. The predicted molar refractivity (Wildman–Crippen MR) is 86.9 cm³/mol. The van der Waals surface area contributed by atoms with Crippen molar-refractivity contribution in [2.45, 2.75) is 45.1 Å². The molecule has 1 atom stereocenters. The van der Waals surface area contributed by atoms with Crippen LogP contribution in [-0.2, 0) is 9.59 Å². The number of likely N-dealkylation sites (tertiary alicyclic amines) is 1. The normalized spacial score (nSPS) is 22.4. The van der Waals surface area contributed by atoms with Crippen LogP contribution in [0.2, 0.25) is 5.02 Å². The summed E-state index contributed by atoms with van der Waals surface area (Å²) in [4.78, 5) is 26.5. The molecule has 1 aromatic carbocycles. The average molecular weight is 321 g/mol. The molecule has 1 saturated heterocycles. The van der Waals surface area contributed by atoms with Crippen LogP contribution >= 0.6 is 11.6 Å². The second-order valence-electron chi connectivity index (χ2n) is 6.29. The monoisotopic (exact) mass is 320 g/mol. The van der Waals surface area contributed by atoms with E-state index in [1.54, 1.807) is 6.07 Å². The summed E-state index contributed by atoms with van der Waals surface area (Å²) in [6.45, 7) is 2.43. The molecule has 2 fully saturated rings. The molecule has 0 bridgehead atoms. The zero-order valence-corrected chi connectivity index (χ0v) is 13.5. The van der Waals surface area contributed by atoms with Crippen molar-refractivity contribution in [2.75, 3.05) is 11.9 Å². The minimum absolute atomic E-state index is 0.0841. The van der Waals surface area contributed by atoms with Gasteiger partial charge in [-0.05, 0) is 37.5 Å². The van der Waals surface area contributed by atoms with Gasteiger partial charge in [-0.25, -0.2) is 0 Å². The van der Waals surface area contributed by atoms with Crippen LogP contribution in [0.3, 0.4) is 0 Å². The number of hydrogen-bond acceptors (Lipinski definition) is 2. The number of nitrogens with one attached hydrogen (secondary N) is 1. The highest BCUT2D eigenvalue weighted by Crippen LogP contribution is 2.30. The van der Waals surface area contributed by atoms with Gasteiger partial charge in [0.1, 0.15) is 0 Å². The maximum absolute atomic E-state index is 12.5. The molecule has 2 aliphatic rings. The van der Waals surface area contributed by atoms with Gasteiger partial charge in [0.05, 0.1) is 5.92 Å². The topological polar surface area (TPSA) is 49.4 Å². The number of halogens is 1. The lowest BCUT2D eigenvalue weighted by Crippen LogP contribution is -2.35. The van der Waals surface area contributed by atoms with Crippen LogP contribution < -0.4 is 5.32 Å². The van der Waals surface area contributed by atoms with Crippen molar-refractivity contribution < 1.29 is 9.59 Å². The standard InChI is InChI=1S/C17H21ClN2O2/c1-11-14(18)7-4-8-15(11)19-17(22)12-9-16(21)20(10-12)13-5-2-3-6-13/h4,7-8,12-13H,2-3,5-6,9-10H2,1H3,(H,19,22)/t12-/m1/s1. The van der Waals surface area contributed by atoms with E-state index in [-0.39, 0.29) is 17.7 Å². The number of anilines is 1. The Kier molecular flexibility index (Phi) is 4.39. The Hall–Kier alpha value is -1.55. The molecule has 0 unspecified atom stereocenters. The van der Waals surface area contributed by atoms with Crippen molar-refractivity contribution in [3.63, 3.8) is 0 Å². The zero-order valence-electron chi connectivity index (χ0n) is 12.8. The number of nitrogens with zero attached hydrogens (tertiary/aromatic N) is 1. The van der Waals surface area contributed by atoms with Crippen molar-refractivity contribution in [2.24, 2.45) is 5.92 Å². The van der Waals surface area contributed by atoms with Crippen LogP contribution in [0.25, 0.3) is 0 Å². The van der Waals surface area contributed by atoms with Crippen LogP contribution in [0.4, 0.5) is 5.69 Å². The lowest BCUT2D eigenvalue weighted by molar-refractivity contribution is -0.129. The largest absolute Gasteiger partial charge is 0.339 e. The number of hydrogen-bond donors (Lipinski definition) is 1. The number of rotatable bonds is 3. The van der Waals surface area contributed by atoms with Crippen molar-refractivity contribution >= 4 is 29.1 Å². The van der Waals surface area contributed by atoms with Gasteiger partial charge in [0, 0.05) is 29.7 Å². The Morgan fingerprint density at radius 1 is 1.32 bits per heavy atom. The fraction of sp³-hybridized carbons (Fsp3) is 0.529. The SMILES string of the molecule is Cc1c(Cl)cccc1NC(=O)[C@@H]1CC(=O)N(C2CCCC2)C1. The van der Waals surface area contributed by atoms with E-state index < -0.39 is 0 Å². The van der Waals surface area contributed by atoms with Gasteiger partial charge in [-0.15, -0.1) is 0 Å². The molecule has 3 rings (SSSR count). The number of benzene rings is 1. The number of amides is 2. The quantitative estimate of drug-likeness (QED) is 0.928. The maximum Gasteiger partial charge on any atom is 0.229 e. The summed E-state index contributed by atoms with van der Waals surface area (Å²) in [7, 11) is 0. The Labute approximate surface area is 135 Å². The molecule has 5 heteroatoms. The average Bonchev–Trinajstić information content (AvgIpc) is 3.12. The van der Waals surface area contributed by atoms with E-state index in [4.69, 9.17) is 11.6 Å². The molecule has 22 heavy (non-hydrogen) atoms. The fourth-order valence-electron chi connectivity index (χ4n) is 3.45. The van der Waals surface area contributed by atoms with Gasteiger partial charge >= 0.3 is 0 Å². The fourth-order valence-corrected chi connectivity index (χ4v) is 3.63. The van der Waals surface area contributed by atoms with Crippen molar-refractivity contribution in [1.82, 2.24) is 4.90 Å². The molecule has 0 spiro atoms. The summed E-state index contributed by atoms with van der Waals surface area (Å²) in [6.07, 6.45) is 4.85. The Bertz CT molecular complexity index is 596. The van der Waals surface area contributed by atoms with Gasteiger partial charge in [0.2, 0.25) is 11.8 Å². The smallest absolute Gasteiger partial charge is 0.229 e. The highest BCUT2D eigenvalue weighted by molar-refractivity contribution is 6.31. The number of carbonyl (C=O) groups excluding carboxylic acids is 2. The van der Waals surface area contributed by atoms with E-state index in [1.165, 1.54) is 12.8 Å². The highest BCUT2D eigenvalue weighted by atomic mass is 35.5. The summed E-state index contributed by atoms with van der Waals surface area (Å²) in [6, 6.07) is 5.80. The lowest BCUT2D eigenvalue weighted by atomic mass is 10.1. The first-order valence-corrected chi connectivity index (χ1v) is 8.29. The third-order valence-corrected chi connectivity index (χ3v) is 5.23. The lowest BCUT2D eigenvalue weighted by Gasteiger charge is -2.24. The van der Waals surface area contributed by atoms with Crippen molar-refractivity contribution in [1.29, 1.82) is 0 Å². The Balaban J connectivity index is 1.66. The molecular weight excluding hydrogens is 300 g/mol. The van der Waals surface area contributed by atoms with E-state index in [0.29, 0.717) is 24.0 Å². The predicted octanol–water partition coefficient (Wildman–Crippen LogP) is 3.38. The molecular formula is C17H21ClN2O2. The molecule has 1 saturated carbocycles. The molecule has 1 N–H and O–H groups in total. The van der Waals surface area contributed by atoms with Crippen LogP contribution in [-0.4, -0.2) is 29.3 Å². The van der Waals surface area contributed by atoms with Crippen LogP contribution in [0, 0.1) is 12.8 Å². The van der Waals surface area contributed by atoms with Gasteiger partial charge in [-0.1, -0.05) is 30.5 Å². The summed E-state index contributed by atoms with van der Waals surface area (Å²) < 4.78 is 0. The second kappa shape index (κ2) is 6.29. The third-order valence-electron chi connectivity index (χ3n) is 4.82. The summed E-state index contributed by atoms with van der Waals surface area (Å²) in [5.74, 6) is -0.222. The van der Waals surface area contributed by atoms with Gasteiger partial charge in [0.15, 0.2) is 0 Å². The molecule has 0 radical (unpaired) electrons. The summed E-state index contributed by atoms with van der Waals surface area (Å²) >= 11 is 6.08. The van der Waals surface area contributed by atoms with Crippen molar-refractivity contribution in [3.05, 3.63) is 28.8 Å². The first kappa shape index (κ1) is 15.3. The summed E-state index contributed by atoms with van der Waals surface area (Å²) in [5, 5.41) is 3.55. The number of carbonyl (C=O) groups is 2. The zero-order chi connectivity index (χ0) is 15.7. The molecule has 118 valence electrons. The van der Waals surface area contributed by atoms with Gasteiger partial charge in [-0.2, -0.15) is 0 Å². The molecule has 2 amide bonds. The molecule has 4 nitrogen and oxygen atoms in total. The van der Waals surface area contributed by atoms with E-state index >= 15 is 0 Å². The third kappa shape index (κ3) is 2.98. The van der Waals surface area contributed by atoms with Crippen LogP contribution in [0.15, 0.2) is 18.2 Å². The van der Waals surface area contributed by atoms with Crippen molar-refractivity contribution in [3.8, 4) is 0 Å². The van der Waals surface area contributed by atoms with E-state index in [0.717, 1.165) is 24.1 Å². The van der Waals surface area contributed by atoms with E-state index in [2.05, 4.69) is 5.32 Å². The van der Waals surface area contributed by atoms with Crippen LogP contribution in [0.5, 0.6) is 0 Å². The Morgan fingerprint density at radius 2 is 2.05 bits per heavy atom.